The van der Waals surface area contributed by atoms with Gasteiger partial charge in [0.05, 0.1) is 18.9 Å². The number of nitrogens with zero attached hydrogens (tertiary/aromatic N) is 2. The molecule has 0 bridgehead atoms. The number of carbonyl (C=O) groups is 1. The molecule has 98 valence electrons. The standard InChI is InChI=1S/C11H16N4O3/c1-12-4-8-7-15(2-3-18-8)11(17)9-5-14-10(16)6-13-9/h5-6,8,12H,2-4,7H2,1H3,(H,14,16). The van der Waals surface area contributed by atoms with Gasteiger partial charge in [-0.25, -0.2) is 4.98 Å². The minimum atomic E-state index is -0.318. The van der Waals surface area contributed by atoms with E-state index in [1.165, 1.54) is 6.20 Å². The first-order valence-electron chi connectivity index (χ1n) is 5.81. The maximum atomic E-state index is 12.1. The monoisotopic (exact) mass is 252 g/mol. The fourth-order valence-electron chi connectivity index (χ4n) is 1.88. The Morgan fingerprint density at radius 3 is 3.22 bits per heavy atom. The molecule has 2 rings (SSSR count). The van der Waals surface area contributed by atoms with Crippen LogP contribution in [0.5, 0.6) is 0 Å². The molecule has 1 aromatic heterocycles. The third-order valence-corrected chi connectivity index (χ3v) is 2.75. The Morgan fingerprint density at radius 1 is 1.72 bits per heavy atom. The summed E-state index contributed by atoms with van der Waals surface area (Å²) in [5, 5.41) is 3.02. The van der Waals surface area contributed by atoms with Crippen molar-refractivity contribution < 1.29 is 9.53 Å². The topological polar surface area (TPSA) is 87.3 Å². The number of nitrogens with one attached hydrogen (secondary N) is 2. The van der Waals surface area contributed by atoms with Crippen LogP contribution in [0.3, 0.4) is 0 Å². The van der Waals surface area contributed by atoms with E-state index in [1.807, 2.05) is 7.05 Å². The summed E-state index contributed by atoms with van der Waals surface area (Å²) in [6.45, 7) is 2.28. The first kappa shape index (κ1) is 12.7. The number of aromatic amines is 1. The van der Waals surface area contributed by atoms with Gasteiger partial charge in [-0.3, -0.25) is 9.59 Å². The predicted octanol–water partition coefficient (Wildman–Crippen LogP) is -1.17. The molecule has 1 amide bonds. The Morgan fingerprint density at radius 2 is 2.56 bits per heavy atom. The van der Waals surface area contributed by atoms with E-state index in [4.69, 9.17) is 4.74 Å². The molecule has 18 heavy (non-hydrogen) atoms. The lowest BCUT2D eigenvalue weighted by atomic mass is 10.2. The fourth-order valence-corrected chi connectivity index (χ4v) is 1.88. The van der Waals surface area contributed by atoms with E-state index >= 15 is 0 Å². The SMILES string of the molecule is CNCC1CN(C(=O)c2c[nH]c(=O)cn2)CCO1. The van der Waals surface area contributed by atoms with Crippen LogP contribution in [0, 0.1) is 0 Å². The second kappa shape index (κ2) is 5.74. The van der Waals surface area contributed by atoms with Crippen molar-refractivity contribution in [3.8, 4) is 0 Å². The van der Waals surface area contributed by atoms with Gasteiger partial charge in [-0.2, -0.15) is 0 Å². The van der Waals surface area contributed by atoms with Crippen molar-refractivity contribution in [1.82, 2.24) is 20.2 Å². The molecule has 0 spiro atoms. The number of amides is 1. The summed E-state index contributed by atoms with van der Waals surface area (Å²) in [5.41, 5.74) is -0.0682. The molecule has 2 heterocycles. The zero-order valence-corrected chi connectivity index (χ0v) is 10.2. The smallest absolute Gasteiger partial charge is 0.274 e. The lowest BCUT2D eigenvalue weighted by molar-refractivity contribution is -0.0198. The molecule has 1 unspecified atom stereocenters. The summed E-state index contributed by atoms with van der Waals surface area (Å²) >= 11 is 0. The van der Waals surface area contributed by atoms with Crippen molar-refractivity contribution in [2.75, 3.05) is 33.3 Å². The highest BCUT2D eigenvalue weighted by Gasteiger charge is 2.25. The average Bonchev–Trinajstić information content (AvgIpc) is 2.39. The van der Waals surface area contributed by atoms with Gasteiger partial charge in [-0.15, -0.1) is 0 Å². The number of H-pyrrole nitrogens is 1. The summed E-state index contributed by atoms with van der Waals surface area (Å²) in [7, 11) is 1.84. The Balaban J connectivity index is 2.04. The van der Waals surface area contributed by atoms with E-state index in [0.29, 0.717) is 26.2 Å². The van der Waals surface area contributed by atoms with Crippen LogP contribution in [0.4, 0.5) is 0 Å². The van der Waals surface area contributed by atoms with Gasteiger partial charge in [0, 0.05) is 25.8 Å². The van der Waals surface area contributed by atoms with Gasteiger partial charge in [-0.1, -0.05) is 0 Å². The molecular weight excluding hydrogens is 236 g/mol. The second-order valence-electron chi connectivity index (χ2n) is 4.10. The summed E-state index contributed by atoms with van der Waals surface area (Å²) in [5.74, 6) is -0.185. The Kier molecular flexibility index (Phi) is 4.06. The number of aromatic nitrogens is 2. The lowest BCUT2D eigenvalue weighted by Gasteiger charge is -2.32. The Bertz CT molecular complexity index is 451. The number of likely N-dealkylation sites (N-methyl/N-ethyl adjacent to an activating group) is 1. The molecule has 0 aliphatic carbocycles. The second-order valence-corrected chi connectivity index (χ2v) is 4.10. The van der Waals surface area contributed by atoms with Gasteiger partial charge < -0.3 is 19.9 Å². The van der Waals surface area contributed by atoms with Crippen LogP contribution >= 0.6 is 0 Å². The number of ether oxygens (including phenoxy) is 1. The summed E-state index contributed by atoms with van der Waals surface area (Å²) in [6.07, 6.45) is 2.45. The van der Waals surface area contributed by atoms with Gasteiger partial charge in [-0.05, 0) is 7.05 Å². The average molecular weight is 252 g/mol. The van der Waals surface area contributed by atoms with E-state index in [2.05, 4.69) is 15.3 Å². The van der Waals surface area contributed by atoms with E-state index in [1.54, 1.807) is 4.90 Å². The molecule has 0 radical (unpaired) electrons. The number of hydrogen-bond acceptors (Lipinski definition) is 5. The highest BCUT2D eigenvalue weighted by molar-refractivity contribution is 5.92. The first-order valence-corrected chi connectivity index (χ1v) is 5.81. The van der Waals surface area contributed by atoms with Crippen LogP contribution in [0.15, 0.2) is 17.2 Å². The lowest BCUT2D eigenvalue weighted by Crippen LogP contribution is -2.48. The molecule has 1 aromatic rings. The normalized spacial score (nSPS) is 19.8. The minimum Gasteiger partial charge on any atom is -0.373 e. The number of carbonyl (C=O) groups excluding carboxylic acids is 1. The molecule has 0 aromatic carbocycles. The minimum absolute atomic E-state index is 0.00420. The summed E-state index contributed by atoms with van der Waals surface area (Å²) in [4.78, 5) is 31.0. The maximum Gasteiger partial charge on any atom is 0.274 e. The molecular formula is C11H16N4O3. The van der Waals surface area contributed by atoms with Crippen molar-refractivity contribution in [1.29, 1.82) is 0 Å². The van der Waals surface area contributed by atoms with Gasteiger partial charge in [0.25, 0.3) is 11.5 Å². The van der Waals surface area contributed by atoms with Crippen LogP contribution in [-0.4, -0.2) is 60.2 Å². The van der Waals surface area contributed by atoms with Crippen molar-refractivity contribution in [3.05, 3.63) is 28.4 Å². The van der Waals surface area contributed by atoms with Gasteiger partial charge in [0.15, 0.2) is 0 Å². The van der Waals surface area contributed by atoms with Crippen molar-refractivity contribution >= 4 is 5.91 Å². The maximum absolute atomic E-state index is 12.1. The van der Waals surface area contributed by atoms with E-state index < -0.39 is 0 Å². The van der Waals surface area contributed by atoms with E-state index in [9.17, 15) is 9.59 Å². The molecule has 1 aliphatic heterocycles. The largest absolute Gasteiger partial charge is 0.373 e. The molecule has 1 saturated heterocycles. The predicted molar refractivity (Wildman–Crippen MR) is 64.4 cm³/mol. The van der Waals surface area contributed by atoms with Crippen molar-refractivity contribution in [2.45, 2.75) is 6.10 Å². The van der Waals surface area contributed by atoms with Gasteiger partial charge in [0.1, 0.15) is 5.69 Å². The van der Waals surface area contributed by atoms with Crippen LogP contribution in [-0.2, 0) is 4.74 Å². The molecule has 1 fully saturated rings. The number of rotatable bonds is 3. The van der Waals surface area contributed by atoms with E-state index in [-0.39, 0.29) is 23.3 Å². The molecule has 7 heteroatoms. The number of hydrogen-bond donors (Lipinski definition) is 2. The van der Waals surface area contributed by atoms with Crippen molar-refractivity contribution in [2.24, 2.45) is 0 Å². The van der Waals surface area contributed by atoms with Crippen LogP contribution < -0.4 is 10.9 Å². The van der Waals surface area contributed by atoms with Crippen LogP contribution in [0.25, 0.3) is 0 Å². The quantitative estimate of drug-likeness (QED) is 0.708. The zero-order valence-electron chi connectivity index (χ0n) is 10.2. The first-order chi connectivity index (χ1) is 8.70. The molecule has 2 N–H and O–H groups in total. The Hall–Kier alpha value is -1.73. The Labute approximate surface area is 104 Å². The molecule has 7 nitrogen and oxygen atoms in total. The number of morpholine rings is 1. The van der Waals surface area contributed by atoms with Crippen molar-refractivity contribution in [3.63, 3.8) is 0 Å². The van der Waals surface area contributed by atoms with E-state index in [0.717, 1.165) is 6.20 Å². The highest BCUT2D eigenvalue weighted by Crippen LogP contribution is 2.07. The molecule has 1 atom stereocenters. The van der Waals surface area contributed by atoms with Gasteiger partial charge >= 0.3 is 0 Å². The van der Waals surface area contributed by atoms with Gasteiger partial charge in [0.2, 0.25) is 0 Å². The summed E-state index contributed by atoms with van der Waals surface area (Å²) < 4.78 is 5.52. The summed E-state index contributed by atoms with van der Waals surface area (Å²) in [6, 6.07) is 0. The zero-order chi connectivity index (χ0) is 13.0. The van der Waals surface area contributed by atoms with Crippen LogP contribution in [0.2, 0.25) is 0 Å². The molecule has 1 aliphatic rings. The molecule has 0 saturated carbocycles. The third-order valence-electron chi connectivity index (χ3n) is 2.75. The van der Waals surface area contributed by atoms with Crippen LogP contribution in [0.1, 0.15) is 10.5 Å². The third kappa shape index (κ3) is 2.93. The highest BCUT2D eigenvalue weighted by atomic mass is 16.5. The fraction of sp³-hybridized carbons (Fsp3) is 0.545.